The molecule has 1 amide bonds. The van der Waals surface area contributed by atoms with Crippen molar-refractivity contribution in [3.05, 3.63) is 84.2 Å². The number of nitrogens with one attached hydrogen (secondary N) is 1. The third kappa shape index (κ3) is 7.03. The van der Waals surface area contributed by atoms with Gasteiger partial charge in [0.25, 0.3) is 0 Å². The summed E-state index contributed by atoms with van der Waals surface area (Å²) in [5.74, 6) is 0.257. The van der Waals surface area contributed by atoms with Crippen LogP contribution in [0.4, 0.5) is 0 Å². The number of benzene rings is 2. The fourth-order valence-corrected chi connectivity index (χ4v) is 6.07. The standard InChI is InChI=1S/C28H36N6O3S/c29-13-8-20-11-16-34(17-12-20)28(35)26(18-21-4-6-23(7-5-21)27(30)31)33-38(36,37)25-3-1-2-24(19-25)22-9-14-32-15-10-22/h1-7,9-10,14-15,19-20,26-27,33H,8,11-13,16-18,29-31H2. The van der Waals surface area contributed by atoms with E-state index in [2.05, 4.69) is 9.71 Å². The van der Waals surface area contributed by atoms with Crippen LogP contribution in [0, 0.1) is 5.92 Å². The quantitative estimate of drug-likeness (QED) is 0.289. The van der Waals surface area contributed by atoms with Gasteiger partial charge in [0.15, 0.2) is 0 Å². The number of hydrogen-bond donors (Lipinski definition) is 4. The lowest BCUT2D eigenvalue weighted by molar-refractivity contribution is -0.134. The highest BCUT2D eigenvalue weighted by Crippen LogP contribution is 2.24. The summed E-state index contributed by atoms with van der Waals surface area (Å²) in [6, 6.07) is 16.6. The van der Waals surface area contributed by atoms with Gasteiger partial charge in [-0.25, -0.2) is 8.42 Å². The van der Waals surface area contributed by atoms with E-state index in [1.165, 1.54) is 6.07 Å². The summed E-state index contributed by atoms with van der Waals surface area (Å²) in [5.41, 5.74) is 20.4. The first kappa shape index (κ1) is 27.9. The molecule has 4 rings (SSSR count). The van der Waals surface area contributed by atoms with Crippen LogP contribution >= 0.6 is 0 Å². The maximum Gasteiger partial charge on any atom is 0.241 e. The molecule has 2 heterocycles. The van der Waals surface area contributed by atoms with Crippen molar-refractivity contribution in [2.45, 2.75) is 42.8 Å². The highest BCUT2D eigenvalue weighted by molar-refractivity contribution is 7.89. The molecule has 38 heavy (non-hydrogen) atoms. The van der Waals surface area contributed by atoms with Gasteiger partial charge in [-0.3, -0.25) is 9.78 Å². The maximum atomic E-state index is 13.7. The van der Waals surface area contributed by atoms with Crippen molar-refractivity contribution in [2.75, 3.05) is 19.6 Å². The summed E-state index contributed by atoms with van der Waals surface area (Å²) in [5, 5.41) is 0. The van der Waals surface area contributed by atoms with Crippen LogP contribution in [0.5, 0.6) is 0 Å². The van der Waals surface area contributed by atoms with Gasteiger partial charge in [-0.05, 0) is 84.7 Å². The summed E-state index contributed by atoms with van der Waals surface area (Å²) in [7, 11) is -4.00. The largest absolute Gasteiger partial charge is 0.341 e. The number of nitrogens with zero attached hydrogens (tertiary/aromatic N) is 2. The second-order valence-corrected chi connectivity index (χ2v) is 11.5. The Kier molecular flexibility index (Phi) is 9.24. The predicted octanol–water partition coefficient (Wildman–Crippen LogP) is 2.14. The Hall–Kier alpha value is -3.15. The molecule has 3 aromatic rings. The summed E-state index contributed by atoms with van der Waals surface area (Å²) in [6.07, 6.45) is 5.56. The van der Waals surface area contributed by atoms with Crippen molar-refractivity contribution in [3.8, 4) is 11.1 Å². The molecule has 1 atom stereocenters. The molecule has 9 nitrogen and oxygen atoms in total. The van der Waals surface area contributed by atoms with E-state index in [0.717, 1.165) is 41.5 Å². The molecule has 0 saturated carbocycles. The Morgan fingerprint density at radius 3 is 2.32 bits per heavy atom. The monoisotopic (exact) mass is 536 g/mol. The lowest BCUT2D eigenvalue weighted by Gasteiger charge is -2.34. The third-order valence-corrected chi connectivity index (χ3v) is 8.53. The number of rotatable bonds is 10. The van der Waals surface area contributed by atoms with E-state index in [4.69, 9.17) is 17.2 Å². The van der Waals surface area contributed by atoms with Gasteiger partial charge in [0.05, 0.1) is 11.1 Å². The number of pyridine rings is 1. The second-order valence-electron chi connectivity index (χ2n) is 9.76. The lowest BCUT2D eigenvalue weighted by Crippen LogP contribution is -2.51. The number of aromatic nitrogens is 1. The fraction of sp³-hybridized carbons (Fsp3) is 0.357. The molecule has 1 aliphatic rings. The van der Waals surface area contributed by atoms with Gasteiger partial charge < -0.3 is 22.1 Å². The number of nitrogens with two attached hydrogens (primary N) is 3. The smallest absolute Gasteiger partial charge is 0.241 e. The van der Waals surface area contributed by atoms with E-state index in [1.54, 1.807) is 41.6 Å². The molecule has 0 bridgehead atoms. The first-order valence-corrected chi connectivity index (χ1v) is 14.4. The van der Waals surface area contributed by atoms with Crippen LogP contribution in [0.1, 0.15) is 36.6 Å². The molecule has 2 aromatic carbocycles. The molecule has 10 heteroatoms. The van der Waals surface area contributed by atoms with Gasteiger partial charge in [0, 0.05) is 25.5 Å². The number of piperidine rings is 1. The Morgan fingerprint density at radius 1 is 1.00 bits per heavy atom. The number of carbonyl (C=O) groups excluding carboxylic acids is 1. The van der Waals surface area contributed by atoms with Crippen LogP contribution < -0.4 is 21.9 Å². The van der Waals surface area contributed by atoms with E-state index in [-0.39, 0.29) is 17.2 Å². The van der Waals surface area contributed by atoms with E-state index in [1.807, 2.05) is 30.3 Å². The molecule has 1 fully saturated rings. The number of sulfonamides is 1. The van der Waals surface area contributed by atoms with Crippen LogP contribution in [0.25, 0.3) is 11.1 Å². The molecule has 0 spiro atoms. The number of amides is 1. The highest BCUT2D eigenvalue weighted by Gasteiger charge is 2.32. The average molecular weight is 537 g/mol. The Balaban J connectivity index is 1.58. The predicted molar refractivity (Wildman–Crippen MR) is 148 cm³/mol. The molecule has 202 valence electrons. The molecular formula is C28H36N6O3S. The molecule has 1 aliphatic heterocycles. The molecule has 1 saturated heterocycles. The van der Waals surface area contributed by atoms with Crippen LogP contribution in [0.15, 0.2) is 78.0 Å². The Morgan fingerprint density at radius 2 is 1.68 bits per heavy atom. The van der Waals surface area contributed by atoms with Gasteiger partial charge in [-0.2, -0.15) is 4.72 Å². The minimum absolute atomic E-state index is 0.0933. The Bertz CT molecular complexity index is 1310. The zero-order valence-corrected chi connectivity index (χ0v) is 22.2. The van der Waals surface area contributed by atoms with Crippen molar-refractivity contribution in [2.24, 2.45) is 23.1 Å². The van der Waals surface area contributed by atoms with Crippen molar-refractivity contribution in [1.29, 1.82) is 0 Å². The lowest BCUT2D eigenvalue weighted by atomic mass is 9.93. The Labute approximate surface area is 224 Å². The van der Waals surface area contributed by atoms with Gasteiger partial charge in [-0.1, -0.05) is 36.4 Å². The SMILES string of the molecule is NCCC1CCN(C(=O)C(Cc2ccc(C(N)N)cc2)NS(=O)(=O)c2cccc(-c3ccncc3)c2)CC1. The molecule has 1 unspecified atom stereocenters. The minimum atomic E-state index is -4.00. The number of carbonyl (C=O) groups is 1. The van der Waals surface area contributed by atoms with Gasteiger partial charge in [0.1, 0.15) is 6.04 Å². The topological polar surface area (TPSA) is 157 Å². The van der Waals surface area contributed by atoms with Crippen molar-refractivity contribution >= 4 is 15.9 Å². The van der Waals surface area contributed by atoms with E-state index >= 15 is 0 Å². The molecular weight excluding hydrogens is 500 g/mol. The van der Waals surface area contributed by atoms with Gasteiger partial charge in [0.2, 0.25) is 15.9 Å². The van der Waals surface area contributed by atoms with Gasteiger partial charge >= 0.3 is 0 Å². The molecule has 7 N–H and O–H groups in total. The van der Waals surface area contributed by atoms with Crippen molar-refractivity contribution < 1.29 is 13.2 Å². The molecule has 0 aliphatic carbocycles. The minimum Gasteiger partial charge on any atom is -0.341 e. The van der Waals surface area contributed by atoms with Crippen molar-refractivity contribution in [1.82, 2.24) is 14.6 Å². The third-order valence-electron chi connectivity index (χ3n) is 7.06. The van der Waals surface area contributed by atoms with Crippen LogP contribution in [-0.4, -0.2) is 49.9 Å². The van der Waals surface area contributed by atoms with Crippen LogP contribution in [0.2, 0.25) is 0 Å². The number of hydrogen-bond acceptors (Lipinski definition) is 7. The zero-order chi connectivity index (χ0) is 27.1. The zero-order valence-electron chi connectivity index (χ0n) is 21.4. The van der Waals surface area contributed by atoms with Crippen LogP contribution in [-0.2, 0) is 21.2 Å². The fourth-order valence-electron chi connectivity index (χ4n) is 4.83. The van der Waals surface area contributed by atoms with Gasteiger partial charge in [-0.15, -0.1) is 0 Å². The van der Waals surface area contributed by atoms with E-state index in [9.17, 15) is 13.2 Å². The maximum absolute atomic E-state index is 13.7. The van der Waals surface area contributed by atoms with Crippen LogP contribution in [0.3, 0.4) is 0 Å². The summed E-state index contributed by atoms with van der Waals surface area (Å²) >= 11 is 0. The number of likely N-dealkylation sites (tertiary alicyclic amines) is 1. The first-order valence-electron chi connectivity index (χ1n) is 12.9. The first-order chi connectivity index (χ1) is 18.3. The molecule has 0 radical (unpaired) electrons. The second kappa shape index (κ2) is 12.6. The van der Waals surface area contributed by atoms with E-state index < -0.39 is 22.2 Å². The highest BCUT2D eigenvalue weighted by atomic mass is 32.2. The van der Waals surface area contributed by atoms with Crippen molar-refractivity contribution in [3.63, 3.8) is 0 Å². The summed E-state index contributed by atoms with van der Waals surface area (Å²) < 4.78 is 29.8. The average Bonchev–Trinajstić information content (AvgIpc) is 2.93. The normalized spacial score (nSPS) is 15.5. The molecule has 1 aromatic heterocycles. The summed E-state index contributed by atoms with van der Waals surface area (Å²) in [6.45, 7) is 1.79. The summed E-state index contributed by atoms with van der Waals surface area (Å²) in [4.78, 5) is 19.5. The van der Waals surface area contributed by atoms with E-state index in [0.29, 0.717) is 25.6 Å².